The minimum Gasteiger partial charge on any atom is -0.289 e. The fourth-order valence-corrected chi connectivity index (χ4v) is 22.8. The van der Waals surface area contributed by atoms with Crippen LogP contribution in [-0.2, 0) is 36.5 Å². The van der Waals surface area contributed by atoms with Crippen LogP contribution in [-0.4, -0.2) is 11.6 Å². The van der Waals surface area contributed by atoms with E-state index < -0.39 is 39.8 Å². The Morgan fingerprint density at radius 3 is 1.06 bits per heavy atom. The fraction of sp³-hybridized carbons (Fsp3) is 0.284. The topological polar surface area (TPSA) is 90.4 Å². The van der Waals surface area contributed by atoms with Crippen LogP contribution in [0.1, 0.15) is 244 Å². The number of nitriles is 2. The number of hydrogen-bond donors (Lipinski definition) is 0. The monoisotopic (exact) mass is 1490 g/mol. The zero-order valence-corrected chi connectivity index (χ0v) is 64.8. The number of aryl methyl sites for hydroxylation is 5. The van der Waals surface area contributed by atoms with Crippen LogP contribution in [0.25, 0.3) is 72.7 Å². The lowest BCUT2D eigenvalue weighted by atomic mass is 9.65. The van der Waals surface area contributed by atoms with E-state index in [0.717, 1.165) is 204 Å². The number of ketones is 2. The highest BCUT2D eigenvalue weighted by Gasteiger charge is 2.55. The molecule has 4 aliphatic rings. The quantitative estimate of drug-likeness (QED) is 0.0234. The Morgan fingerprint density at radius 2 is 0.741 bits per heavy atom. The largest absolute Gasteiger partial charge is 0.289 e. The number of carbonyl (C=O) groups excluding carboxylic acids is 2. The average molecular weight is 1500 g/mol. The number of rotatable bonds is 26. The standard InChI is InChI=1S/C95H81F3N4O2S4/c1-8-12-16-20-24-57-28-36-61(37-29-57)94(62-38-30-58(31-39-62)25-21-17-13-9-2)75-50-72-76(49-71(75)90-86(94)92-82(107-90)47-65(105-92)45-73-84(80(54-99)101-6)67-44-56(5)77(96)52-69(67)88(73)103)95(63-40-32-59(33-41-63)26-22-18-14-10-3,64-42-34-60(35-43-64)27-23-19-15-11-4)87-91(72)108-83-48-66(106-93(83)87)46-74-85(81(55-100)102-7)68-51-78(97)79(98)53-70(68)89(74)104/h28-53H,8-27H2,1-5H3/b73-45-,74-46-,84-80-,85-81+. The van der Waals surface area contributed by atoms with Crippen molar-refractivity contribution in [3.05, 3.63) is 313 Å². The van der Waals surface area contributed by atoms with Gasteiger partial charge in [0, 0.05) is 73.5 Å². The number of halogens is 3. The van der Waals surface area contributed by atoms with Gasteiger partial charge in [0.2, 0.25) is 0 Å². The smallest absolute Gasteiger partial charge is 0.270 e. The van der Waals surface area contributed by atoms with Gasteiger partial charge < -0.3 is 0 Å². The van der Waals surface area contributed by atoms with E-state index >= 15 is 13.2 Å². The summed E-state index contributed by atoms with van der Waals surface area (Å²) in [6, 6.07) is 55.3. The van der Waals surface area contributed by atoms with Gasteiger partial charge in [-0.1, -0.05) is 202 Å². The lowest BCUT2D eigenvalue weighted by molar-refractivity contribution is 0.103. The summed E-state index contributed by atoms with van der Waals surface area (Å²) >= 11 is 6.58. The van der Waals surface area contributed by atoms with Crippen LogP contribution in [0, 0.1) is 60.2 Å². The van der Waals surface area contributed by atoms with Gasteiger partial charge >= 0.3 is 0 Å². The molecule has 0 saturated carbocycles. The molecule has 108 heavy (non-hydrogen) atoms. The number of Topliss-reactive ketones (excluding diaryl/α,β-unsaturated/α-hetero) is 2. The van der Waals surface area contributed by atoms with E-state index in [1.807, 2.05) is 12.1 Å². The predicted molar refractivity (Wildman–Crippen MR) is 439 cm³/mol. The van der Waals surface area contributed by atoms with Gasteiger partial charge in [0.25, 0.3) is 11.4 Å². The first kappa shape index (κ1) is 73.4. The first-order chi connectivity index (χ1) is 52.7. The summed E-state index contributed by atoms with van der Waals surface area (Å²) in [7, 11) is 0. The molecule has 13 heteroatoms. The third kappa shape index (κ3) is 12.6. The van der Waals surface area contributed by atoms with Gasteiger partial charge in [0.05, 0.1) is 45.5 Å². The molecule has 7 aromatic carbocycles. The number of unbranched alkanes of at least 4 members (excludes halogenated alkanes) is 12. The molecule has 538 valence electrons. The summed E-state index contributed by atoms with van der Waals surface area (Å²) < 4.78 is 49.8. The average Bonchev–Trinajstić information content (AvgIpc) is 1.49. The van der Waals surface area contributed by atoms with Gasteiger partial charge in [-0.15, -0.1) is 45.3 Å². The van der Waals surface area contributed by atoms with Crippen LogP contribution in [0.4, 0.5) is 13.2 Å². The molecule has 0 radical (unpaired) electrons. The van der Waals surface area contributed by atoms with Crippen molar-refractivity contribution in [3.8, 4) is 33.0 Å². The molecule has 4 aromatic heterocycles. The van der Waals surface area contributed by atoms with Crippen molar-refractivity contribution in [1.82, 2.24) is 0 Å². The van der Waals surface area contributed by atoms with Crippen molar-refractivity contribution in [2.45, 2.75) is 174 Å². The Labute approximate surface area is 647 Å². The number of thiophene rings is 4. The van der Waals surface area contributed by atoms with Crippen LogP contribution >= 0.6 is 45.3 Å². The number of carbonyl (C=O) groups is 2. The van der Waals surface area contributed by atoms with E-state index in [2.05, 4.69) is 165 Å². The lowest BCUT2D eigenvalue weighted by Crippen LogP contribution is -2.30. The number of nitrogens with zero attached hydrogens (tertiary/aromatic N) is 4. The van der Waals surface area contributed by atoms with E-state index in [4.69, 9.17) is 13.1 Å². The zero-order chi connectivity index (χ0) is 75.1. The van der Waals surface area contributed by atoms with E-state index in [-0.39, 0.29) is 50.4 Å². The van der Waals surface area contributed by atoms with E-state index in [9.17, 15) is 20.1 Å². The highest BCUT2D eigenvalue weighted by molar-refractivity contribution is 7.31. The number of fused-ring (bicyclic) bond motifs is 12. The molecule has 0 unspecified atom stereocenters. The number of allylic oxidation sites excluding steroid dienone is 6. The third-order valence-corrected chi connectivity index (χ3v) is 27.5. The minimum absolute atomic E-state index is 0.0122. The van der Waals surface area contributed by atoms with Crippen molar-refractivity contribution >= 4 is 99.0 Å². The summed E-state index contributed by atoms with van der Waals surface area (Å²) in [6.45, 7) is 26.8. The summed E-state index contributed by atoms with van der Waals surface area (Å²) in [6.07, 6.45) is 25.5. The van der Waals surface area contributed by atoms with Gasteiger partial charge in [0.15, 0.2) is 23.2 Å². The number of benzene rings is 7. The zero-order valence-electron chi connectivity index (χ0n) is 61.5. The molecule has 0 amide bonds. The fourth-order valence-electron chi connectivity index (χ4n) is 17.3. The molecule has 15 rings (SSSR count). The lowest BCUT2D eigenvalue weighted by Gasteiger charge is -2.36. The predicted octanol–water partition coefficient (Wildman–Crippen LogP) is 27.0. The molecule has 0 saturated heterocycles. The Bertz CT molecular complexity index is 5260. The SMILES string of the molecule is [C-]#[N+]/C(C#N)=C1\C(=C\c2cc3sc4c(c3s2)C(c2ccc(CCCCCC)cc2)(c2ccc(CCCCCC)cc2)c2cc3c(cc2-4)C(c2ccc(CCCCCC)cc2)(c2ccc(CCCCCC)cc2)c2c-3sc3cc(/C=C4\C(=O)c5cc(F)c(F)cc5\C4=C(\C#N)[N+]#[C-])sc23)C(=O)c2cc(F)c(C)cc21. The molecule has 0 N–H and O–H groups in total. The van der Waals surface area contributed by atoms with Crippen LogP contribution in [0.2, 0.25) is 0 Å². The van der Waals surface area contributed by atoms with E-state index in [1.54, 1.807) is 53.1 Å². The molecule has 4 heterocycles. The number of hydrogen-bond acceptors (Lipinski definition) is 8. The Kier molecular flexibility index (Phi) is 21.0. The van der Waals surface area contributed by atoms with Crippen LogP contribution in [0.3, 0.4) is 0 Å². The summed E-state index contributed by atoms with van der Waals surface area (Å²) in [5.41, 5.74) is 14.9. The molecule has 6 nitrogen and oxygen atoms in total. The van der Waals surface area contributed by atoms with Gasteiger partial charge in [-0.25, -0.2) is 33.4 Å². The van der Waals surface area contributed by atoms with Crippen LogP contribution in [0.15, 0.2) is 168 Å². The summed E-state index contributed by atoms with van der Waals surface area (Å²) in [5, 5.41) is 20.9. The Morgan fingerprint density at radius 1 is 0.417 bits per heavy atom. The van der Waals surface area contributed by atoms with Gasteiger partial charge in [-0.2, -0.15) is 0 Å². The van der Waals surface area contributed by atoms with E-state index in [1.165, 1.54) is 65.3 Å². The first-order valence-electron chi connectivity index (χ1n) is 38.3. The molecule has 0 atom stereocenters. The maximum Gasteiger partial charge on any atom is 0.270 e. The highest BCUT2D eigenvalue weighted by atomic mass is 32.1. The van der Waals surface area contributed by atoms with Crippen molar-refractivity contribution in [1.29, 1.82) is 10.5 Å². The van der Waals surface area contributed by atoms with Crippen LogP contribution < -0.4 is 0 Å². The van der Waals surface area contributed by atoms with E-state index in [0.29, 0.717) is 16.0 Å². The first-order valence-corrected chi connectivity index (χ1v) is 41.5. The molecule has 11 aromatic rings. The summed E-state index contributed by atoms with van der Waals surface area (Å²) in [4.78, 5) is 40.2. The second-order valence-corrected chi connectivity index (χ2v) is 33.7. The molecule has 0 fully saturated rings. The highest BCUT2D eigenvalue weighted by Crippen LogP contribution is 2.68. The minimum atomic E-state index is -1.19. The van der Waals surface area contributed by atoms with Gasteiger partial charge in [0.1, 0.15) is 5.82 Å². The molecule has 0 bridgehead atoms. The van der Waals surface area contributed by atoms with Crippen molar-refractivity contribution in [2.24, 2.45) is 0 Å². The molecular formula is C95H81F3N4O2S4. The molecule has 4 aliphatic carbocycles. The third-order valence-electron chi connectivity index (χ3n) is 22.7. The second-order valence-electron chi connectivity index (χ2n) is 29.4. The second kappa shape index (κ2) is 30.9. The maximum atomic E-state index is 15.5. The van der Waals surface area contributed by atoms with Crippen molar-refractivity contribution in [3.63, 3.8) is 0 Å². The van der Waals surface area contributed by atoms with Gasteiger partial charge in [-0.3, -0.25) is 9.59 Å². The Hall–Kier alpha value is -10.1. The molecule has 0 spiro atoms. The van der Waals surface area contributed by atoms with Crippen molar-refractivity contribution < 1.29 is 22.8 Å². The normalized spacial score (nSPS) is 15.8. The van der Waals surface area contributed by atoms with Crippen LogP contribution in [0.5, 0.6) is 0 Å². The Balaban J connectivity index is 1.01. The van der Waals surface area contributed by atoms with Gasteiger partial charge in [-0.05, 0) is 202 Å². The maximum absolute atomic E-state index is 15.5. The van der Waals surface area contributed by atoms with Crippen molar-refractivity contribution in [2.75, 3.05) is 0 Å². The summed E-state index contributed by atoms with van der Waals surface area (Å²) in [5.74, 6) is -3.94. The molecular weight excluding hydrogens is 1410 g/mol. The molecule has 0 aliphatic heterocycles.